The van der Waals surface area contributed by atoms with Crippen LogP contribution in [0.25, 0.3) is 0 Å². The highest BCUT2D eigenvalue weighted by Crippen LogP contribution is 2.21. The molecule has 1 rings (SSSR count). The molecule has 1 aliphatic heterocycles. The number of ether oxygens (including phenoxy) is 2. The van der Waals surface area contributed by atoms with Gasteiger partial charge in [0, 0.05) is 31.7 Å². The molecule has 0 aliphatic carbocycles. The Morgan fingerprint density at radius 1 is 0.635 bits per heavy atom. The highest BCUT2D eigenvalue weighted by molar-refractivity contribution is 7.80. The molecule has 0 aromatic rings. The normalized spacial score (nSPS) is 14.9. The van der Waals surface area contributed by atoms with Gasteiger partial charge in [-0.1, -0.05) is 168 Å². The van der Waals surface area contributed by atoms with Gasteiger partial charge in [0.2, 0.25) is 23.6 Å². The van der Waals surface area contributed by atoms with Crippen molar-refractivity contribution >= 4 is 60.1 Å². The number of hydrogen-bond acceptors (Lipinski definition) is 13. The molecule has 1 heterocycles. The van der Waals surface area contributed by atoms with Crippen molar-refractivity contribution in [1.82, 2.24) is 26.2 Å². The van der Waals surface area contributed by atoms with Crippen LogP contribution in [0.1, 0.15) is 232 Å². The fraction of sp³-hybridized carbons (Fsp3) is 0.855. The Hall–Kier alpha value is -3.97. The van der Waals surface area contributed by atoms with Crippen LogP contribution in [-0.2, 0) is 47.8 Å². The molecule has 1 fully saturated rings. The minimum atomic E-state index is -1.59. The van der Waals surface area contributed by atoms with Gasteiger partial charge in [-0.05, 0) is 51.5 Å². The summed E-state index contributed by atoms with van der Waals surface area (Å²) in [7, 11) is 0. The summed E-state index contributed by atoms with van der Waals surface area (Å²) in [6, 6.07) is -4.88. The number of aliphatic carboxylic acids is 2. The first kappa shape index (κ1) is 68.0. The largest absolute Gasteiger partial charge is 0.481 e. The van der Waals surface area contributed by atoms with Crippen molar-refractivity contribution in [3.63, 3.8) is 0 Å². The number of nitrogens with zero attached hydrogens (tertiary/aromatic N) is 1. The van der Waals surface area contributed by atoms with Crippen LogP contribution in [0.2, 0.25) is 0 Å². The number of rotatable bonds is 49. The first-order valence-corrected chi connectivity index (χ1v) is 29.4. The summed E-state index contributed by atoms with van der Waals surface area (Å²) in [6.07, 6.45) is 31.1. The van der Waals surface area contributed by atoms with Crippen molar-refractivity contribution in [2.24, 2.45) is 5.73 Å². The fourth-order valence-electron chi connectivity index (χ4n) is 9.16. The van der Waals surface area contributed by atoms with Crippen LogP contribution in [0.3, 0.4) is 0 Å². The smallest absolute Gasteiger partial charge is 0.326 e. The molecule has 19 heteroatoms. The zero-order valence-electron chi connectivity index (χ0n) is 45.6. The number of carbonyl (C=O) groups is 8. The minimum Gasteiger partial charge on any atom is -0.481 e. The van der Waals surface area contributed by atoms with Gasteiger partial charge in [0.25, 0.3) is 0 Å². The zero-order chi connectivity index (χ0) is 54.6. The van der Waals surface area contributed by atoms with Crippen LogP contribution in [-0.4, -0.2) is 131 Å². The molecule has 1 aliphatic rings. The van der Waals surface area contributed by atoms with E-state index in [1.165, 1.54) is 116 Å². The average molecular weight is 1070 g/mol. The lowest BCUT2D eigenvalue weighted by Gasteiger charge is -2.29. The molecular weight excluding hydrogens is 969 g/mol. The first-order chi connectivity index (χ1) is 35.8. The number of carboxylic acids is 2. The van der Waals surface area contributed by atoms with Gasteiger partial charge < -0.3 is 51.6 Å². The third kappa shape index (κ3) is 34.6. The SMILES string of the molecule is CCCCCCCCCCCCCCCC(=O)OC[C@H](CNC(CS)C(=O)NCC(=O)NC(CC(=O)O)C(=O)N1CCC[C@@H]1C(=O)NC(CCCCN)C(=O)O)OC(=O)CCCCCCCCCCCCCCC. The number of esters is 2. The van der Waals surface area contributed by atoms with Gasteiger partial charge in [-0.25, -0.2) is 4.79 Å². The second-order valence-corrected chi connectivity index (χ2v) is 20.6. The van der Waals surface area contributed by atoms with Gasteiger partial charge in [-0.3, -0.25) is 33.6 Å². The highest BCUT2D eigenvalue weighted by Gasteiger charge is 2.39. The summed E-state index contributed by atoms with van der Waals surface area (Å²) < 4.78 is 11.3. The van der Waals surface area contributed by atoms with Crippen molar-refractivity contribution in [3.8, 4) is 0 Å². The van der Waals surface area contributed by atoms with E-state index in [1.807, 2.05) is 0 Å². The van der Waals surface area contributed by atoms with Crippen LogP contribution in [0.15, 0.2) is 0 Å². The topological polar surface area (TPSA) is 273 Å². The maximum Gasteiger partial charge on any atom is 0.326 e. The number of unbranched alkanes of at least 4 members (excludes halogenated alkanes) is 25. The molecule has 74 heavy (non-hydrogen) atoms. The predicted molar refractivity (Wildman–Crippen MR) is 292 cm³/mol. The molecule has 0 spiro atoms. The molecule has 8 N–H and O–H groups in total. The van der Waals surface area contributed by atoms with E-state index in [4.69, 9.17) is 15.2 Å². The quantitative estimate of drug-likeness (QED) is 0.0163. The molecule has 0 radical (unpaired) electrons. The highest BCUT2D eigenvalue weighted by atomic mass is 32.1. The number of nitrogens with two attached hydrogens (primary N) is 1. The Kier molecular flexibility index (Phi) is 41.6. The van der Waals surface area contributed by atoms with Crippen LogP contribution in [0, 0.1) is 0 Å². The Labute approximate surface area is 449 Å². The van der Waals surface area contributed by atoms with E-state index in [1.54, 1.807) is 0 Å². The van der Waals surface area contributed by atoms with Gasteiger partial charge in [0.05, 0.1) is 19.0 Å². The van der Waals surface area contributed by atoms with Gasteiger partial charge >= 0.3 is 23.9 Å². The molecule has 0 bridgehead atoms. The molecule has 5 atom stereocenters. The molecule has 0 aromatic heterocycles. The summed E-state index contributed by atoms with van der Waals surface area (Å²) in [5, 5.41) is 29.6. The van der Waals surface area contributed by atoms with Gasteiger partial charge in [-0.2, -0.15) is 12.6 Å². The van der Waals surface area contributed by atoms with Crippen LogP contribution >= 0.6 is 12.6 Å². The number of likely N-dealkylation sites (tertiary alicyclic amines) is 1. The molecule has 0 aromatic carbocycles. The minimum absolute atomic E-state index is 0.0415. The Morgan fingerprint density at radius 3 is 1.61 bits per heavy atom. The van der Waals surface area contributed by atoms with E-state index in [2.05, 4.69) is 47.7 Å². The summed E-state index contributed by atoms with van der Waals surface area (Å²) >= 11 is 4.31. The second kappa shape index (κ2) is 45.2. The number of hydrogen-bond donors (Lipinski definition) is 8. The predicted octanol–water partition coefficient (Wildman–Crippen LogP) is 8.06. The number of amides is 4. The van der Waals surface area contributed by atoms with Gasteiger partial charge in [0.15, 0.2) is 0 Å². The monoisotopic (exact) mass is 1070 g/mol. The van der Waals surface area contributed by atoms with Crippen molar-refractivity contribution in [3.05, 3.63) is 0 Å². The third-order valence-corrected chi connectivity index (χ3v) is 14.0. The second-order valence-electron chi connectivity index (χ2n) is 20.2. The van der Waals surface area contributed by atoms with Crippen molar-refractivity contribution in [2.75, 3.05) is 38.5 Å². The number of carbonyl (C=O) groups excluding carboxylic acids is 6. The molecule has 428 valence electrons. The van der Waals surface area contributed by atoms with E-state index in [0.717, 1.165) is 43.4 Å². The lowest BCUT2D eigenvalue weighted by molar-refractivity contribution is -0.159. The Morgan fingerprint density at radius 2 is 1.14 bits per heavy atom. The summed E-state index contributed by atoms with van der Waals surface area (Å²) in [5.74, 6) is -6.61. The van der Waals surface area contributed by atoms with E-state index >= 15 is 0 Å². The molecular formula is C55H100N6O12S. The molecule has 18 nitrogen and oxygen atoms in total. The summed E-state index contributed by atoms with van der Waals surface area (Å²) in [5.41, 5.74) is 5.52. The van der Waals surface area contributed by atoms with E-state index < -0.39 is 90.7 Å². The first-order valence-electron chi connectivity index (χ1n) is 28.8. The average Bonchev–Trinajstić information content (AvgIpc) is 3.87. The molecule has 4 amide bonds. The number of thiol groups is 1. The molecule has 3 unspecified atom stereocenters. The molecule has 0 saturated carbocycles. The number of nitrogens with one attached hydrogen (secondary N) is 4. The fourth-order valence-corrected chi connectivity index (χ4v) is 9.45. The maximum absolute atomic E-state index is 13.7. The maximum atomic E-state index is 13.7. The lowest BCUT2D eigenvalue weighted by atomic mass is 10.0. The summed E-state index contributed by atoms with van der Waals surface area (Å²) in [4.78, 5) is 104. The number of carboxylic acid groups (broad SMARTS) is 2. The Balaban J connectivity index is 2.76. The third-order valence-electron chi connectivity index (χ3n) is 13.6. The van der Waals surface area contributed by atoms with E-state index in [0.29, 0.717) is 38.6 Å². The van der Waals surface area contributed by atoms with Crippen molar-refractivity contribution in [1.29, 1.82) is 0 Å². The van der Waals surface area contributed by atoms with E-state index in [-0.39, 0.29) is 51.1 Å². The van der Waals surface area contributed by atoms with Gasteiger partial charge in [-0.15, -0.1) is 0 Å². The Bertz CT molecular complexity index is 1580. The van der Waals surface area contributed by atoms with Gasteiger partial charge in [0.1, 0.15) is 30.8 Å². The standard InChI is InChI=1S/C55H100N6O12S/c1-3-5-7-9-11-13-15-17-19-21-23-25-27-34-50(65)72-41-43(73-51(66)35-28-26-24-22-20-18-16-14-12-10-8-6-4-2)39-57-46(42-74)52(67)58-40-48(62)59-45(38-49(63)64)54(69)61-37-31-33-47(61)53(68)60-44(55(70)71)32-29-30-36-56/h43-47,57,74H,3-42,56H2,1-2H3,(H,58,67)(H,59,62)(H,60,68)(H,63,64)(H,70,71)/t43-,44?,45?,46?,47+/m0/s1. The zero-order valence-corrected chi connectivity index (χ0v) is 46.5. The van der Waals surface area contributed by atoms with Crippen LogP contribution in [0.4, 0.5) is 0 Å². The van der Waals surface area contributed by atoms with Crippen molar-refractivity contribution < 1.29 is 58.0 Å². The van der Waals surface area contributed by atoms with Crippen molar-refractivity contribution in [2.45, 2.75) is 262 Å². The molecule has 1 saturated heterocycles. The summed E-state index contributed by atoms with van der Waals surface area (Å²) in [6.45, 7) is 3.97. The van der Waals surface area contributed by atoms with Crippen LogP contribution < -0.4 is 27.0 Å². The van der Waals surface area contributed by atoms with E-state index in [9.17, 15) is 48.6 Å². The van der Waals surface area contributed by atoms with Crippen LogP contribution in [0.5, 0.6) is 0 Å². The lowest BCUT2D eigenvalue weighted by Crippen LogP contribution is -2.57.